The van der Waals surface area contributed by atoms with Crippen molar-refractivity contribution < 1.29 is 0 Å². The Bertz CT molecular complexity index is 663. The lowest BCUT2D eigenvalue weighted by atomic mass is 10.1. The van der Waals surface area contributed by atoms with Crippen LogP contribution in [-0.2, 0) is 19.4 Å². The predicted molar refractivity (Wildman–Crippen MR) is 104 cm³/mol. The van der Waals surface area contributed by atoms with Gasteiger partial charge in [0.1, 0.15) is 0 Å². The van der Waals surface area contributed by atoms with Crippen LogP contribution in [0.4, 0.5) is 5.69 Å². The van der Waals surface area contributed by atoms with Crippen molar-refractivity contribution in [1.29, 1.82) is 0 Å². The average Bonchev–Trinajstić information content (AvgIpc) is 2.94. The fourth-order valence-corrected chi connectivity index (χ4v) is 2.71. The number of fused-ring (bicyclic) bond motifs is 1. The first-order chi connectivity index (χ1) is 10.2. The molecule has 3 nitrogen and oxygen atoms in total. The van der Waals surface area contributed by atoms with E-state index in [4.69, 9.17) is 5.73 Å². The summed E-state index contributed by atoms with van der Waals surface area (Å²) in [5.41, 5.74) is 12.3. The molecule has 116 valence electrons. The molecule has 0 bridgehead atoms. The van der Waals surface area contributed by atoms with Gasteiger partial charge in [0, 0.05) is 5.69 Å². The van der Waals surface area contributed by atoms with Crippen LogP contribution in [0.1, 0.15) is 28.7 Å². The Balaban J connectivity index is 0.00000176. The molecule has 0 amide bonds. The van der Waals surface area contributed by atoms with Gasteiger partial charge >= 0.3 is 0 Å². The standard InChI is InChI=1S/C18H21N3.HI/c1-13-5-7-14(8-6-13)12-20-18(19)21-17-10-9-15-3-2-4-16(15)11-17;/h5-11H,2-4,12H2,1H3,(H3,19,20,21);1H. The third kappa shape index (κ3) is 4.22. The summed E-state index contributed by atoms with van der Waals surface area (Å²) in [4.78, 5) is 4.40. The largest absolute Gasteiger partial charge is 0.370 e. The number of nitrogens with one attached hydrogen (secondary N) is 1. The van der Waals surface area contributed by atoms with Crippen LogP contribution in [-0.4, -0.2) is 5.96 Å². The molecule has 0 unspecified atom stereocenters. The van der Waals surface area contributed by atoms with E-state index in [-0.39, 0.29) is 24.0 Å². The van der Waals surface area contributed by atoms with Crippen molar-refractivity contribution in [1.82, 2.24) is 0 Å². The van der Waals surface area contributed by atoms with E-state index < -0.39 is 0 Å². The van der Waals surface area contributed by atoms with Crippen molar-refractivity contribution in [2.24, 2.45) is 10.7 Å². The fraction of sp³-hybridized carbons (Fsp3) is 0.278. The highest BCUT2D eigenvalue weighted by molar-refractivity contribution is 14.0. The number of aryl methyl sites for hydroxylation is 3. The van der Waals surface area contributed by atoms with Crippen LogP contribution in [0.3, 0.4) is 0 Å². The topological polar surface area (TPSA) is 50.4 Å². The Hall–Kier alpha value is -1.56. The first-order valence-corrected chi connectivity index (χ1v) is 7.45. The van der Waals surface area contributed by atoms with Crippen LogP contribution in [0.5, 0.6) is 0 Å². The minimum absolute atomic E-state index is 0. The third-order valence-corrected chi connectivity index (χ3v) is 3.92. The average molecular weight is 407 g/mol. The van der Waals surface area contributed by atoms with Crippen molar-refractivity contribution >= 4 is 35.6 Å². The SMILES string of the molecule is Cc1ccc(CN=C(N)Nc2ccc3c(c2)CCC3)cc1.I. The van der Waals surface area contributed by atoms with Gasteiger partial charge in [0.2, 0.25) is 0 Å². The van der Waals surface area contributed by atoms with Gasteiger partial charge in [0.05, 0.1) is 6.54 Å². The Morgan fingerprint density at radius 3 is 2.59 bits per heavy atom. The molecule has 3 rings (SSSR count). The molecular formula is C18H22IN3. The number of guanidine groups is 1. The first-order valence-electron chi connectivity index (χ1n) is 7.45. The van der Waals surface area contributed by atoms with Crippen LogP contribution in [0.2, 0.25) is 0 Å². The van der Waals surface area contributed by atoms with Gasteiger partial charge in [0.25, 0.3) is 0 Å². The second kappa shape index (κ2) is 7.63. The van der Waals surface area contributed by atoms with Gasteiger partial charge in [0.15, 0.2) is 5.96 Å². The van der Waals surface area contributed by atoms with E-state index in [1.807, 2.05) is 0 Å². The van der Waals surface area contributed by atoms with E-state index in [1.165, 1.54) is 41.5 Å². The van der Waals surface area contributed by atoms with E-state index in [2.05, 4.69) is 59.7 Å². The Morgan fingerprint density at radius 1 is 1.09 bits per heavy atom. The van der Waals surface area contributed by atoms with Gasteiger partial charge < -0.3 is 11.1 Å². The van der Waals surface area contributed by atoms with Gasteiger partial charge in [-0.15, -0.1) is 24.0 Å². The number of nitrogens with two attached hydrogens (primary N) is 1. The summed E-state index contributed by atoms with van der Waals surface area (Å²) in [6, 6.07) is 14.8. The zero-order valence-corrected chi connectivity index (χ0v) is 15.1. The Kier molecular flexibility index (Phi) is 5.83. The summed E-state index contributed by atoms with van der Waals surface area (Å²) in [6.07, 6.45) is 3.63. The molecule has 1 aliphatic carbocycles. The van der Waals surface area contributed by atoms with Crippen LogP contribution in [0.25, 0.3) is 0 Å². The maximum Gasteiger partial charge on any atom is 0.193 e. The number of hydrogen-bond acceptors (Lipinski definition) is 1. The van der Waals surface area contributed by atoms with Gasteiger partial charge in [-0.3, -0.25) is 0 Å². The molecule has 0 aromatic heterocycles. The first kappa shape index (κ1) is 16.8. The highest BCUT2D eigenvalue weighted by Gasteiger charge is 2.10. The molecular weight excluding hydrogens is 385 g/mol. The van der Waals surface area contributed by atoms with Crippen LogP contribution in [0, 0.1) is 6.92 Å². The van der Waals surface area contributed by atoms with Crippen molar-refractivity contribution in [3.8, 4) is 0 Å². The zero-order chi connectivity index (χ0) is 14.7. The lowest BCUT2D eigenvalue weighted by Crippen LogP contribution is -2.22. The number of hydrogen-bond donors (Lipinski definition) is 2. The number of rotatable bonds is 3. The molecule has 2 aromatic carbocycles. The third-order valence-electron chi connectivity index (χ3n) is 3.92. The Labute approximate surface area is 149 Å². The molecule has 0 radical (unpaired) electrons. The van der Waals surface area contributed by atoms with Crippen LogP contribution < -0.4 is 11.1 Å². The number of halogens is 1. The summed E-state index contributed by atoms with van der Waals surface area (Å²) < 4.78 is 0. The molecule has 22 heavy (non-hydrogen) atoms. The van der Waals surface area contributed by atoms with Gasteiger partial charge in [-0.25, -0.2) is 4.99 Å². The lowest BCUT2D eigenvalue weighted by Gasteiger charge is -2.08. The van der Waals surface area contributed by atoms with Crippen molar-refractivity contribution in [3.05, 3.63) is 64.7 Å². The Morgan fingerprint density at radius 2 is 1.82 bits per heavy atom. The minimum atomic E-state index is 0. The predicted octanol–water partition coefficient (Wildman–Crippen LogP) is 4.03. The number of nitrogens with zero attached hydrogens (tertiary/aromatic N) is 1. The normalized spacial score (nSPS) is 13.4. The number of anilines is 1. The molecule has 0 fully saturated rings. The zero-order valence-electron chi connectivity index (χ0n) is 12.8. The molecule has 4 heteroatoms. The maximum atomic E-state index is 5.97. The van der Waals surface area contributed by atoms with Crippen LogP contribution >= 0.6 is 24.0 Å². The van der Waals surface area contributed by atoms with Gasteiger partial charge in [-0.05, 0) is 55.0 Å². The van der Waals surface area contributed by atoms with Gasteiger partial charge in [-0.1, -0.05) is 35.9 Å². The molecule has 1 aliphatic rings. The van der Waals surface area contributed by atoms with E-state index in [0.29, 0.717) is 12.5 Å². The molecule has 2 aromatic rings. The summed E-state index contributed by atoms with van der Waals surface area (Å²) in [5, 5.41) is 3.18. The quantitative estimate of drug-likeness (QED) is 0.459. The second-order valence-electron chi connectivity index (χ2n) is 5.65. The van der Waals surface area contributed by atoms with E-state index in [9.17, 15) is 0 Å². The highest BCUT2D eigenvalue weighted by atomic mass is 127. The summed E-state index contributed by atoms with van der Waals surface area (Å²) in [5.74, 6) is 0.466. The maximum absolute atomic E-state index is 5.97. The molecule has 0 heterocycles. The monoisotopic (exact) mass is 407 g/mol. The van der Waals surface area contributed by atoms with Crippen molar-refractivity contribution in [3.63, 3.8) is 0 Å². The second-order valence-corrected chi connectivity index (χ2v) is 5.65. The molecule has 0 spiro atoms. The highest BCUT2D eigenvalue weighted by Crippen LogP contribution is 2.24. The lowest BCUT2D eigenvalue weighted by molar-refractivity contribution is 0.912. The van der Waals surface area contributed by atoms with Gasteiger partial charge in [-0.2, -0.15) is 0 Å². The molecule has 0 saturated carbocycles. The fourth-order valence-electron chi connectivity index (χ4n) is 2.71. The van der Waals surface area contributed by atoms with Crippen molar-refractivity contribution in [2.75, 3.05) is 5.32 Å². The van der Waals surface area contributed by atoms with Crippen molar-refractivity contribution in [2.45, 2.75) is 32.7 Å². The number of benzene rings is 2. The summed E-state index contributed by atoms with van der Waals surface area (Å²) in [6.45, 7) is 2.68. The van der Waals surface area contributed by atoms with Crippen LogP contribution in [0.15, 0.2) is 47.5 Å². The number of aliphatic imine (C=N–C) groups is 1. The molecule has 0 saturated heterocycles. The smallest absolute Gasteiger partial charge is 0.193 e. The summed E-state index contributed by atoms with van der Waals surface area (Å²) >= 11 is 0. The molecule has 0 atom stereocenters. The summed E-state index contributed by atoms with van der Waals surface area (Å²) in [7, 11) is 0. The minimum Gasteiger partial charge on any atom is -0.370 e. The van der Waals surface area contributed by atoms with E-state index in [0.717, 1.165) is 5.69 Å². The van der Waals surface area contributed by atoms with E-state index in [1.54, 1.807) is 0 Å². The molecule has 0 aliphatic heterocycles. The molecule has 3 N–H and O–H groups in total. The van der Waals surface area contributed by atoms with E-state index >= 15 is 0 Å².